The van der Waals surface area contributed by atoms with Gasteiger partial charge < -0.3 is 5.11 Å². The fourth-order valence-corrected chi connectivity index (χ4v) is 2.54. The van der Waals surface area contributed by atoms with E-state index >= 15 is 0 Å². The highest BCUT2D eigenvalue weighted by atomic mass is 35.5. The highest BCUT2D eigenvalue weighted by molar-refractivity contribution is 6.30. The number of halogens is 1. The zero-order valence-corrected chi connectivity index (χ0v) is 13.1. The molecule has 1 N–H and O–H groups in total. The summed E-state index contributed by atoms with van der Waals surface area (Å²) in [7, 11) is 0. The first-order valence-corrected chi connectivity index (χ1v) is 7.34. The van der Waals surface area contributed by atoms with Gasteiger partial charge in [0.05, 0.1) is 17.0 Å². The molecule has 0 aliphatic carbocycles. The molecule has 0 fully saturated rings. The van der Waals surface area contributed by atoms with Crippen LogP contribution in [0.4, 0.5) is 0 Å². The number of hydrogen-bond donors (Lipinski definition) is 1. The Morgan fingerprint density at radius 1 is 1.33 bits per heavy atom. The first-order chi connectivity index (χ1) is 9.93. The molecule has 0 saturated heterocycles. The second-order valence-electron chi connectivity index (χ2n) is 5.24. The molecule has 0 amide bonds. The molecule has 1 aromatic carbocycles. The first-order valence-electron chi connectivity index (χ1n) is 6.97. The van der Waals surface area contributed by atoms with Gasteiger partial charge in [0, 0.05) is 10.6 Å². The van der Waals surface area contributed by atoms with Crippen LogP contribution in [-0.2, 0) is 6.42 Å². The lowest BCUT2D eigenvalue weighted by Crippen LogP contribution is -2.09. The number of aromatic nitrogens is 1. The van der Waals surface area contributed by atoms with Crippen LogP contribution < -0.4 is 0 Å². The van der Waals surface area contributed by atoms with Crippen molar-refractivity contribution in [3.05, 3.63) is 52.3 Å². The van der Waals surface area contributed by atoms with Crippen LogP contribution in [0, 0.1) is 0 Å². The molecule has 3 nitrogen and oxygen atoms in total. The van der Waals surface area contributed by atoms with Gasteiger partial charge in [0.2, 0.25) is 0 Å². The van der Waals surface area contributed by atoms with E-state index in [4.69, 9.17) is 11.6 Å². The Hall–Kier alpha value is -1.87. The third-order valence-electron chi connectivity index (χ3n) is 3.38. The maximum Gasteiger partial charge on any atom is 0.337 e. The van der Waals surface area contributed by atoms with Crippen LogP contribution in [0.3, 0.4) is 0 Å². The predicted molar refractivity (Wildman–Crippen MR) is 85.1 cm³/mol. The largest absolute Gasteiger partial charge is 0.478 e. The second kappa shape index (κ2) is 6.27. The van der Waals surface area contributed by atoms with Crippen molar-refractivity contribution in [2.24, 2.45) is 0 Å². The van der Waals surface area contributed by atoms with E-state index in [0.717, 1.165) is 16.8 Å². The lowest BCUT2D eigenvalue weighted by Gasteiger charge is -2.16. The Bertz CT molecular complexity index is 680. The van der Waals surface area contributed by atoms with Gasteiger partial charge >= 0.3 is 5.97 Å². The van der Waals surface area contributed by atoms with Crippen molar-refractivity contribution in [2.75, 3.05) is 0 Å². The average molecular weight is 304 g/mol. The van der Waals surface area contributed by atoms with Gasteiger partial charge in [0.15, 0.2) is 0 Å². The molecule has 1 heterocycles. The highest BCUT2D eigenvalue weighted by Gasteiger charge is 2.18. The number of nitrogens with zero attached hydrogens (tertiary/aromatic N) is 1. The van der Waals surface area contributed by atoms with Gasteiger partial charge in [-0.1, -0.05) is 44.5 Å². The average Bonchev–Trinajstić information content (AvgIpc) is 2.45. The van der Waals surface area contributed by atoms with Gasteiger partial charge in [0.25, 0.3) is 0 Å². The zero-order valence-electron chi connectivity index (χ0n) is 12.4. The van der Waals surface area contributed by atoms with Crippen molar-refractivity contribution in [1.29, 1.82) is 0 Å². The van der Waals surface area contributed by atoms with Crippen molar-refractivity contribution in [3.8, 4) is 11.1 Å². The summed E-state index contributed by atoms with van der Waals surface area (Å²) in [5.41, 5.74) is 3.51. The lowest BCUT2D eigenvalue weighted by atomic mass is 9.94. The van der Waals surface area contributed by atoms with Crippen molar-refractivity contribution < 1.29 is 9.90 Å². The third-order valence-corrected chi connectivity index (χ3v) is 3.61. The summed E-state index contributed by atoms with van der Waals surface area (Å²) in [5, 5.41) is 10.0. The van der Waals surface area contributed by atoms with E-state index in [0.29, 0.717) is 17.1 Å². The highest BCUT2D eigenvalue weighted by Crippen LogP contribution is 2.31. The van der Waals surface area contributed by atoms with E-state index in [1.165, 1.54) is 0 Å². The number of aromatic carboxylic acids is 1. The molecular formula is C17H18ClNO2. The molecule has 0 aliphatic rings. The number of carboxylic acid groups (broad SMARTS) is 1. The number of benzene rings is 1. The summed E-state index contributed by atoms with van der Waals surface area (Å²) in [6.07, 6.45) is 0.594. The van der Waals surface area contributed by atoms with Crippen molar-refractivity contribution in [2.45, 2.75) is 33.1 Å². The molecule has 0 atom stereocenters. The number of carboxylic acids is 1. The van der Waals surface area contributed by atoms with E-state index in [2.05, 4.69) is 18.8 Å². The summed E-state index contributed by atoms with van der Waals surface area (Å²) in [6, 6.07) is 9.13. The SMILES string of the molecule is CCc1nc(C(C)C)c(-c2cccc(Cl)c2)cc1C(=O)O. The van der Waals surface area contributed by atoms with Gasteiger partial charge in [-0.25, -0.2) is 4.79 Å². The maximum absolute atomic E-state index is 11.4. The van der Waals surface area contributed by atoms with Gasteiger partial charge in [-0.3, -0.25) is 4.98 Å². The molecular weight excluding hydrogens is 286 g/mol. The predicted octanol–water partition coefficient (Wildman–Crippen LogP) is 4.79. The minimum Gasteiger partial charge on any atom is -0.478 e. The van der Waals surface area contributed by atoms with Gasteiger partial charge in [0.1, 0.15) is 0 Å². The molecule has 0 spiro atoms. The number of rotatable bonds is 4. The van der Waals surface area contributed by atoms with E-state index in [1.807, 2.05) is 25.1 Å². The summed E-state index contributed by atoms with van der Waals surface area (Å²) in [6.45, 7) is 6.02. The quantitative estimate of drug-likeness (QED) is 0.883. The fraction of sp³-hybridized carbons (Fsp3) is 0.294. The van der Waals surface area contributed by atoms with Crippen LogP contribution in [-0.4, -0.2) is 16.1 Å². The standard InChI is InChI=1S/C17H18ClNO2/c1-4-15-14(17(20)21)9-13(16(19-15)10(2)3)11-6-5-7-12(18)8-11/h5-10H,4H2,1-3H3,(H,20,21). The third kappa shape index (κ3) is 3.24. The van der Waals surface area contributed by atoms with Crippen LogP contribution >= 0.6 is 11.6 Å². The molecule has 2 rings (SSSR count). The number of carbonyl (C=O) groups is 1. The molecule has 110 valence electrons. The Labute approximate surface area is 129 Å². The Balaban J connectivity index is 2.73. The molecule has 0 unspecified atom stereocenters. The lowest BCUT2D eigenvalue weighted by molar-refractivity contribution is 0.0695. The molecule has 0 saturated carbocycles. The van der Waals surface area contributed by atoms with Crippen molar-refractivity contribution >= 4 is 17.6 Å². The molecule has 0 aliphatic heterocycles. The Morgan fingerprint density at radius 2 is 2.05 bits per heavy atom. The van der Waals surface area contributed by atoms with Gasteiger partial charge in [-0.2, -0.15) is 0 Å². The molecule has 4 heteroatoms. The summed E-state index contributed by atoms with van der Waals surface area (Å²) >= 11 is 6.05. The molecule has 2 aromatic rings. The topological polar surface area (TPSA) is 50.2 Å². The minimum absolute atomic E-state index is 0.201. The van der Waals surface area contributed by atoms with Crippen LogP contribution in [0.2, 0.25) is 5.02 Å². The monoisotopic (exact) mass is 303 g/mol. The number of hydrogen-bond acceptors (Lipinski definition) is 2. The van der Waals surface area contributed by atoms with Crippen LogP contribution in [0.1, 0.15) is 48.4 Å². The Morgan fingerprint density at radius 3 is 2.57 bits per heavy atom. The second-order valence-corrected chi connectivity index (χ2v) is 5.68. The summed E-state index contributed by atoms with van der Waals surface area (Å²) in [4.78, 5) is 16.0. The normalized spacial score (nSPS) is 10.9. The molecule has 21 heavy (non-hydrogen) atoms. The molecule has 1 aromatic heterocycles. The van der Waals surface area contributed by atoms with E-state index in [-0.39, 0.29) is 11.5 Å². The minimum atomic E-state index is -0.946. The number of aryl methyl sites for hydroxylation is 1. The van der Waals surface area contributed by atoms with Crippen LogP contribution in [0.15, 0.2) is 30.3 Å². The van der Waals surface area contributed by atoms with Crippen LogP contribution in [0.25, 0.3) is 11.1 Å². The summed E-state index contributed by atoms with van der Waals surface area (Å²) < 4.78 is 0. The maximum atomic E-state index is 11.4. The smallest absolute Gasteiger partial charge is 0.337 e. The molecule has 0 bridgehead atoms. The van der Waals surface area contributed by atoms with Crippen LogP contribution in [0.5, 0.6) is 0 Å². The molecule has 0 radical (unpaired) electrons. The van der Waals surface area contributed by atoms with Gasteiger partial charge in [-0.05, 0) is 36.1 Å². The van der Waals surface area contributed by atoms with Gasteiger partial charge in [-0.15, -0.1) is 0 Å². The Kier molecular flexibility index (Phi) is 4.63. The van der Waals surface area contributed by atoms with Crippen molar-refractivity contribution in [1.82, 2.24) is 4.98 Å². The number of pyridine rings is 1. The van der Waals surface area contributed by atoms with E-state index < -0.39 is 5.97 Å². The summed E-state index contributed by atoms with van der Waals surface area (Å²) in [5.74, 6) is -0.745. The first kappa shape index (κ1) is 15.5. The van der Waals surface area contributed by atoms with E-state index in [1.54, 1.807) is 12.1 Å². The zero-order chi connectivity index (χ0) is 15.6. The van der Waals surface area contributed by atoms with E-state index in [9.17, 15) is 9.90 Å². The van der Waals surface area contributed by atoms with Crippen molar-refractivity contribution in [3.63, 3.8) is 0 Å². The fourth-order valence-electron chi connectivity index (χ4n) is 2.35.